The molecule has 0 aliphatic carbocycles. The van der Waals surface area contributed by atoms with Gasteiger partial charge in [0, 0.05) is 56.2 Å². The molecule has 1 aromatic rings. The van der Waals surface area contributed by atoms with E-state index in [-0.39, 0.29) is 12.4 Å². The largest absolute Gasteiger partial charge is 0.404 e. The number of hydrogen-bond donors (Lipinski definition) is 3. The lowest BCUT2D eigenvalue weighted by Gasteiger charge is -2.30. The summed E-state index contributed by atoms with van der Waals surface area (Å²) in [6.07, 6.45) is 0.118. The van der Waals surface area contributed by atoms with Crippen LogP contribution in [0.1, 0.15) is 19.1 Å². The highest BCUT2D eigenvalue weighted by Gasteiger charge is 2.52. The summed E-state index contributed by atoms with van der Waals surface area (Å²) < 4.78 is 35.0. The molecule has 2 fully saturated rings. The Bertz CT molecular complexity index is 763. The van der Waals surface area contributed by atoms with Crippen molar-refractivity contribution in [3.8, 4) is 0 Å². The third-order valence-corrected chi connectivity index (χ3v) is 4.41. The van der Waals surface area contributed by atoms with Crippen molar-refractivity contribution in [2.45, 2.75) is 31.1 Å². The number of hydrogen-bond acceptors (Lipinski definition) is 7. The van der Waals surface area contributed by atoms with Crippen LogP contribution in [0.25, 0.3) is 0 Å². The van der Waals surface area contributed by atoms with Crippen LogP contribution in [0.5, 0.6) is 0 Å². The van der Waals surface area contributed by atoms with Gasteiger partial charge in [-0.15, -0.1) is 0 Å². The minimum Gasteiger partial charge on any atom is -0.404 e. The molecule has 2 aliphatic heterocycles. The van der Waals surface area contributed by atoms with Gasteiger partial charge in [-0.1, -0.05) is 0 Å². The van der Waals surface area contributed by atoms with E-state index in [1.165, 1.54) is 18.5 Å². The molecule has 0 amide bonds. The summed E-state index contributed by atoms with van der Waals surface area (Å²) in [6.45, 7) is 1.28. The highest BCUT2D eigenvalue weighted by Crippen LogP contribution is 2.42. The molecule has 0 radical (unpaired) electrons. The molecule has 0 bridgehead atoms. The van der Waals surface area contributed by atoms with E-state index in [1.54, 1.807) is 0 Å². The van der Waals surface area contributed by atoms with E-state index in [1.807, 2.05) is 4.90 Å². The van der Waals surface area contributed by atoms with Gasteiger partial charge in [-0.05, 0) is 6.07 Å². The fraction of sp³-hybridized carbons (Fsp3) is 0.533. The van der Waals surface area contributed by atoms with Gasteiger partial charge < -0.3 is 21.6 Å². The SMILES string of the molecule is N=C1CCN(C[C@@H]2CC(F)(F)[C@H](n3ccc(N)nc3=O)O2)CC1=CN. The van der Waals surface area contributed by atoms with Crippen molar-refractivity contribution in [2.24, 2.45) is 5.73 Å². The first kappa shape index (κ1) is 17.5. The fourth-order valence-electron chi connectivity index (χ4n) is 3.16. The van der Waals surface area contributed by atoms with Gasteiger partial charge in [0.15, 0.2) is 0 Å². The van der Waals surface area contributed by atoms with Crippen molar-refractivity contribution >= 4 is 11.5 Å². The normalized spacial score (nSPS) is 28.6. The molecule has 25 heavy (non-hydrogen) atoms. The van der Waals surface area contributed by atoms with E-state index in [0.29, 0.717) is 30.8 Å². The number of likely N-dealkylation sites (tertiary alicyclic amines) is 1. The first-order valence-corrected chi connectivity index (χ1v) is 7.89. The first-order valence-electron chi connectivity index (χ1n) is 7.89. The van der Waals surface area contributed by atoms with E-state index in [9.17, 15) is 13.6 Å². The van der Waals surface area contributed by atoms with Gasteiger partial charge >= 0.3 is 5.69 Å². The number of halogens is 2. The zero-order valence-corrected chi connectivity index (χ0v) is 13.5. The number of nitrogens with zero attached hydrogens (tertiary/aromatic N) is 3. The number of nitrogens with two attached hydrogens (primary N) is 2. The number of aromatic nitrogens is 2. The van der Waals surface area contributed by atoms with Gasteiger partial charge in [-0.3, -0.25) is 9.47 Å². The molecule has 3 rings (SSSR count). The van der Waals surface area contributed by atoms with Crippen molar-refractivity contribution in [1.29, 1.82) is 5.41 Å². The zero-order valence-electron chi connectivity index (χ0n) is 13.5. The molecular weight excluding hydrogens is 334 g/mol. The average molecular weight is 354 g/mol. The van der Waals surface area contributed by atoms with Crippen LogP contribution in [0.3, 0.4) is 0 Å². The Morgan fingerprint density at radius 3 is 2.96 bits per heavy atom. The number of piperidine rings is 1. The zero-order chi connectivity index (χ0) is 18.2. The lowest BCUT2D eigenvalue weighted by molar-refractivity contribution is -0.118. The molecule has 2 saturated heterocycles. The molecular formula is C15H20F2N6O2. The van der Waals surface area contributed by atoms with Crippen LogP contribution in [0.2, 0.25) is 0 Å². The van der Waals surface area contributed by atoms with Crippen LogP contribution in [-0.4, -0.2) is 51.8 Å². The third-order valence-electron chi connectivity index (χ3n) is 4.41. The van der Waals surface area contributed by atoms with E-state index < -0.39 is 30.4 Å². The van der Waals surface area contributed by atoms with Crippen LogP contribution in [-0.2, 0) is 4.74 Å². The van der Waals surface area contributed by atoms with Crippen molar-refractivity contribution in [1.82, 2.24) is 14.5 Å². The maximum absolute atomic E-state index is 14.4. The maximum Gasteiger partial charge on any atom is 0.351 e. The first-order chi connectivity index (χ1) is 11.8. The summed E-state index contributed by atoms with van der Waals surface area (Å²) in [6, 6.07) is 1.28. The Labute approximate surface area is 142 Å². The lowest BCUT2D eigenvalue weighted by atomic mass is 10.0. The van der Waals surface area contributed by atoms with Crippen LogP contribution in [0, 0.1) is 5.41 Å². The predicted octanol–water partition coefficient (Wildman–Crippen LogP) is 0.316. The number of rotatable bonds is 3. The fourth-order valence-corrected chi connectivity index (χ4v) is 3.16. The van der Waals surface area contributed by atoms with E-state index in [2.05, 4.69) is 4.98 Å². The summed E-state index contributed by atoms with van der Waals surface area (Å²) in [5, 5.41) is 7.79. The number of nitrogens with one attached hydrogen (secondary N) is 1. The topological polar surface area (TPSA) is 123 Å². The number of ether oxygens (including phenoxy) is 1. The molecule has 0 unspecified atom stereocenters. The van der Waals surface area contributed by atoms with Crippen LogP contribution in [0.15, 0.2) is 28.8 Å². The summed E-state index contributed by atoms with van der Waals surface area (Å²) in [5.74, 6) is -3.22. The minimum absolute atomic E-state index is 0.0315. The van der Waals surface area contributed by atoms with E-state index in [4.69, 9.17) is 21.6 Å². The number of nitrogen functional groups attached to an aromatic ring is 1. The maximum atomic E-state index is 14.4. The quantitative estimate of drug-likeness (QED) is 0.718. The molecule has 2 atom stereocenters. The second-order valence-corrected chi connectivity index (χ2v) is 6.27. The lowest BCUT2D eigenvalue weighted by Crippen LogP contribution is -2.40. The molecule has 0 saturated carbocycles. The number of anilines is 1. The van der Waals surface area contributed by atoms with Crippen molar-refractivity contribution in [3.05, 3.63) is 34.5 Å². The predicted molar refractivity (Wildman–Crippen MR) is 87.4 cm³/mol. The number of alkyl halides is 2. The second-order valence-electron chi connectivity index (χ2n) is 6.27. The second kappa shape index (κ2) is 6.52. The highest BCUT2D eigenvalue weighted by atomic mass is 19.3. The minimum atomic E-state index is -3.19. The smallest absolute Gasteiger partial charge is 0.351 e. The monoisotopic (exact) mass is 354 g/mol. The third kappa shape index (κ3) is 3.54. The molecule has 0 aromatic carbocycles. The van der Waals surface area contributed by atoms with Crippen LogP contribution in [0.4, 0.5) is 14.6 Å². The van der Waals surface area contributed by atoms with Crippen molar-refractivity contribution in [3.63, 3.8) is 0 Å². The molecule has 1 aromatic heterocycles. The Morgan fingerprint density at radius 2 is 2.28 bits per heavy atom. The molecule has 3 heterocycles. The van der Waals surface area contributed by atoms with Gasteiger partial charge in [-0.25, -0.2) is 13.6 Å². The van der Waals surface area contributed by atoms with Gasteiger partial charge in [-0.2, -0.15) is 4.98 Å². The van der Waals surface area contributed by atoms with Crippen molar-refractivity contribution < 1.29 is 13.5 Å². The van der Waals surface area contributed by atoms with Gasteiger partial charge in [0.25, 0.3) is 5.92 Å². The summed E-state index contributed by atoms with van der Waals surface area (Å²) in [4.78, 5) is 17.2. The summed E-state index contributed by atoms with van der Waals surface area (Å²) >= 11 is 0. The summed E-state index contributed by atoms with van der Waals surface area (Å²) in [7, 11) is 0. The molecule has 0 spiro atoms. The Hall–Kier alpha value is -2.33. The summed E-state index contributed by atoms with van der Waals surface area (Å²) in [5.41, 5.74) is 11.2. The molecule has 5 N–H and O–H groups in total. The van der Waals surface area contributed by atoms with Crippen molar-refractivity contribution in [2.75, 3.05) is 25.4 Å². The van der Waals surface area contributed by atoms with Gasteiger partial charge in [0.1, 0.15) is 5.82 Å². The Balaban J connectivity index is 1.72. The Morgan fingerprint density at radius 1 is 1.52 bits per heavy atom. The van der Waals surface area contributed by atoms with Crippen LogP contribution < -0.4 is 17.2 Å². The Kier molecular flexibility index (Phi) is 4.56. The molecule has 136 valence electrons. The molecule has 10 heteroatoms. The molecule has 2 aliphatic rings. The van der Waals surface area contributed by atoms with Gasteiger partial charge in [0.2, 0.25) is 6.23 Å². The van der Waals surface area contributed by atoms with Crippen LogP contribution >= 0.6 is 0 Å². The highest BCUT2D eigenvalue weighted by molar-refractivity contribution is 5.98. The van der Waals surface area contributed by atoms with E-state index in [0.717, 1.165) is 4.57 Å². The molecule has 8 nitrogen and oxygen atoms in total. The average Bonchev–Trinajstić information content (AvgIpc) is 2.83. The van der Waals surface area contributed by atoms with E-state index >= 15 is 0 Å². The van der Waals surface area contributed by atoms with Gasteiger partial charge in [0.05, 0.1) is 6.10 Å². The standard InChI is InChI=1S/C15H20F2N6O2/c16-15(17)5-10(8-22-3-1-11(19)9(6-18)7-22)25-13(15)23-4-2-12(20)21-14(23)24/h2,4,6,10,13,19H,1,3,5,7-8,18H2,(H2,20,21,24)/t10-,13+/m0/s1.